The van der Waals surface area contributed by atoms with Crippen LogP contribution in [-0.4, -0.2) is 50.4 Å². The number of carbonyl (C=O) groups excluding carboxylic acids is 1. The zero-order valence-corrected chi connectivity index (χ0v) is 23.5. The summed E-state index contributed by atoms with van der Waals surface area (Å²) in [6.07, 6.45) is 0. The molecule has 7 nitrogen and oxygen atoms in total. The highest BCUT2D eigenvalue weighted by atomic mass is 32.2. The molecule has 1 heterocycles. The number of aromatic nitrogens is 1. The average Bonchev–Trinajstić information content (AvgIpc) is 3.29. The van der Waals surface area contributed by atoms with Crippen LogP contribution in [0.4, 0.5) is 15.2 Å². The number of nitrogens with one attached hydrogen (secondary N) is 1. The van der Waals surface area contributed by atoms with Gasteiger partial charge in [-0.15, -0.1) is 0 Å². The summed E-state index contributed by atoms with van der Waals surface area (Å²) in [5, 5.41) is 0.554. The van der Waals surface area contributed by atoms with Gasteiger partial charge in [-0.1, -0.05) is 37.3 Å². The summed E-state index contributed by atoms with van der Waals surface area (Å²) in [5.74, 6) is -0.897. The van der Waals surface area contributed by atoms with Gasteiger partial charge in [-0.2, -0.15) is 0 Å². The van der Waals surface area contributed by atoms with E-state index < -0.39 is 15.8 Å². The maximum absolute atomic E-state index is 14.0. The Bertz CT molecular complexity index is 1510. The molecular formula is C28H31FN4O3S2. The first-order chi connectivity index (χ1) is 18.1. The molecule has 38 heavy (non-hydrogen) atoms. The van der Waals surface area contributed by atoms with Crippen LogP contribution in [-0.2, 0) is 10.0 Å². The quantitative estimate of drug-likeness (QED) is 0.266. The van der Waals surface area contributed by atoms with Crippen molar-refractivity contribution < 1.29 is 17.6 Å². The van der Waals surface area contributed by atoms with Crippen LogP contribution in [0.25, 0.3) is 10.2 Å². The molecule has 0 aliphatic heterocycles. The monoisotopic (exact) mass is 554 g/mol. The van der Waals surface area contributed by atoms with Crippen molar-refractivity contribution in [2.75, 3.05) is 35.8 Å². The van der Waals surface area contributed by atoms with Crippen LogP contribution in [0.5, 0.6) is 0 Å². The fraction of sp³-hybridized carbons (Fsp3) is 0.286. The van der Waals surface area contributed by atoms with Crippen molar-refractivity contribution in [1.82, 2.24) is 9.88 Å². The summed E-state index contributed by atoms with van der Waals surface area (Å²) in [6.45, 7) is 10.9. The summed E-state index contributed by atoms with van der Waals surface area (Å²) < 4.78 is 42.9. The molecule has 4 rings (SSSR count). The summed E-state index contributed by atoms with van der Waals surface area (Å²) in [5.41, 5.74) is 3.43. The molecule has 0 atom stereocenters. The van der Waals surface area contributed by atoms with Gasteiger partial charge in [0, 0.05) is 13.1 Å². The van der Waals surface area contributed by atoms with Crippen LogP contribution in [0.1, 0.15) is 35.3 Å². The van der Waals surface area contributed by atoms with Crippen LogP contribution in [0, 0.1) is 19.7 Å². The van der Waals surface area contributed by atoms with Crippen LogP contribution in [0.2, 0.25) is 0 Å². The molecule has 200 valence electrons. The number of aryl methyl sites for hydroxylation is 2. The largest absolute Gasteiger partial charge is 0.302 e. The van der Waals surface area contributed by atoms with Crippen molar-refractivity contribution in [2.45, 2.75) is 32.6 Å². The number of halogens is 1. The highest BCUT2D eigenvalue weighted by molar-refractivity contribution is 7.92. The Kier molecular flexibility index (Phi) is 8.44. The van der Waals surface area contributed by atoms with E-state index in [-0.39, 0.29) is 22.1 Å². The minimum Gasteiger partial charge on any atom is -0.302 e. The number of nitrogens with zero attached hydrogens (tertiary/aromatic N) is 3. The number of carbonyl (C=O) groups is 1. The Morgan fingerprint density at radius 1 is 0.974 bits per heavy atom. The van der Waals surface area contributed by atoms with Crippen molar-refractivity contribution >= 4 is 48.3 Å². The predicted molar refractivity (Wildman–Crippen MR) is 152 cm³/mol. The van der Waals surface area contributed by atoms with Crippen molar-refractivity contribution in [1.29, 1.82) is 0 Å². The molecule has 10 heteroatoms. The second-order valence-electron chi connectivity index (χ2n) is 8.99. The summed E-state index contributed by atoms with van der Waals surface area (Å²) >= 11 is 1.44. The van der Waals surface area contributed by atoms with Gasteiger partial charge in [-0.25, -0.2) is 17.8 Å². The molecule has 4 aromatic rings. The molecular weight excluding hydrogens is 523 g/mol. The standard InChI is InChI=1S/C28H31FN4O3S2/c1-5-32(6-2)15-16-33(28-30-25-17-19(3)20(4)18-26(25)37-28)27(34)23-9-7-8-10-24(23)31-38(35,36)22-13-11-21(29)12-14-22/h7-14,17-18,31H,5-6,15-16H2,1-4H3. The van der Waals surface area contributed by atoms with Crippen molar-refractivity contribution in [3.05, 3.63) is 83.2 Å². The van der Waals surface area contributed by atoms with E-state index in [2.05, 4.69) is 29.5 Å². The van der Waals surface area contributed by atoms with E-state index in [1.54, 1.807) is 29.2 Å². The number of anilines is 2. The third kappa shape index (κ3) is 6.03. The molecule has 0 spiro atoms. The SMILES string of the molecule is CCN(CC)CCN(C(=O)c1ccccc1NS(=O)(=O)c1ccc(F)cc1)c1nc2cc(C)c(C)cc2s1. The number of benzene rings is 3. The molecule has 0 radical (unpaired) electrons. The Morgan fingerprint density at radius 3 is 2.32 bits per heavy atom. The van der Waals surface area contributed by atoms with E-state index >= 15 is 0 Å². The number of amides is 1. The van der Waals surface area contributed by atoms with Crippen molar-refractivity contribution in [2.24, 2.45) is 0 Å². The van der Waals surface area contributed by atoms with E-state index in [1.165, 1.54) is 23.5 Å². The van der Waals surface area contributed by atoms with Crippen LogP contribution < -0.4 is 9.62 Å². The molecule has 0 saturated carbocycles. The highest BCUT2D eigenvalue weighted by Gasteiger charge is 2.26. The molecule has 3 aromatic carbocycles. The lowest BCUT2D eigenvalue weighted by molar-refractivity contribution is 0.0984. The number of para-hydroxylation sites is 1. The van der Waals surface area contributed by atoms with Gasteiger partial charge >= 0.3 is 0 Å². The normalized spacial score (nSPS) is 11.7. The second kappa shape index (κ2) is 11.6. The molecule has 0 saturated heterocycles. The maximum atomic E-state index is 14.0. The first kappa shape index (κ1) is 27.7. The smallest absolute Gasteiger partial charge is 0.262 e. The van der Waals surface area contributed by atoms with E-state index in [0.717, 1.165) is 46.6 Å². The molecule has 0 unspecified atom stereocenters. The van der Waals surface area contributed by atoms with Gasteiger partial charge in [0.15, 0.2) is 5.13 Å². The third-order valence-electron chi connectivity index (χ3n) is 6.53. The number of likely N-dealkylation sites (N-methyl/N-ethyl adjacent to an activating group) is 1. The van der Waals surface area contributed by atoms with Crippen LogP contribution in [0.3, 0.4) is 0 Å². The lowest BCUT2D eigenvalue weighted by atomic mass is 10.1. The van der Waals surface area contributed by atoms with Gasteiger partial charge in [0.2, 0.25) is 0 Å². The second-order valence-corrected chi connectivity index (χ2v) is 11.7. The summed E-state index contributed by atoms with van der Waals surface area (Å²) in [6, 6.07) is 15.1. The first-order valence-corrected chi connectivity index (χ1v) is 14.7. The van der Waals surface area contributed by atoms with Crippen molar-refractivity contribution in [3.63, 3.8) is 0 Å². The molecule has 0 aliphatic rings. The van der Waals surface area contributed by atoms with E-state index in [9.17, 15) is 17.6 Å². The fourth-order valence-corrected chi connectivity index (χ4v) is 6.22. The molecule has 1 aromatic heterocycles. The number of rotatable bonds is 10. The number of sulfonamides is 1. The number of fused-ring (bicyclic) bond motifs is 1. The molecule has 1 N–H and O–H groups in total. The average molecular weight is 555 g/mol. The topological polar surface area (TPSA) is 82.6 Å². The minimum atomic E-state index is -4.05. The molecule has 1 amide bonds. The zero-order chi connectivity index (χ0) is 27.4. The Hall–Kier alpha value is -3.34. The number of hydrogen-bond donors (Lipinski definition) is 1. The third-order valence-corrected chi connectivity index (χ3v) is 8.95. The molecule has 0 fully saturated rings. The van der Waals surface area contributed by atoms with E-state index in [0.29, 0.717) is 18.2 Å². The Labute approximate surface area is 227 Å². The van der Waals surface area contributed by atoms with Gasteiger partial charge in [0.1, 0.15) is 5.82 Å². The fourth-order valence-electron chi connectivity index (χ4n) is 4.07. The van der Waals surface area contributed by atoms with E-state index in [4.69, 9.17) is 4.98 Å². The first-order valence-electron chi connectivity index (χ1n) is 12.4. The van der Waals surface area contributed by atoms with Gasteiger partial charge in [0.05, 0.1) is 26.4 Å². The molecule has 0 aliphatic carbocycles. The Balaban J connectivity index is 1.72. The lowest BCUT2D eigenvalue weighted by Gasteiger charge is -2.25. The maximum Gasteiger partial charge on any atom is 0.262 e. The van der Waals surface area contributed by atoms with Gasteiger partial charge < -0.3 is 4.90 Å². The van der Waals surface area contributed by atoms with E-state index in [1.807, 2.05) is 19.9 Å². The van der Waals surface area contributed by atoms with Crippen LogP contribution >= 0.6 is 11.3 Å². The minimum absolute atomic E-state index is 0.101. The van der Waals surface area contributed by atoms with Crippen molar-refractivity contribution in [3.8, 4) is 0 Å². The highest BCUT2D eigenvalue weighted by Crippen LogP contribution is 2.32. The predicted octanol–water partition coefficient (Wildman–Crippen LogP) is 5.84. The number of hydrogen-bond acceptors (Lipinski definition) is 6. The molecule has 0 bridgehead atoms. The van der Waals surface area contributed by atoms with Gasteiger partial charge in [-0.3, -0.25) is 14.4 Å². The van der Waals surface area contributed by atoms with Crippen LogP contribution in [0.15, 0.2) is 65.6 Å². The van der Waals surface area contributed by atoms with Gasteiger partial charge in [-0.05, 0) is 86.6 Å². The summed E-state index contributed by atoms with van der Waals surface area (Å²) in [4.78, 5) is 22.5. The zero-order valence-electron chi connectivity index (χ0n) is 21.9. The summed E-state index contributed by atoms with van der Waals surface area (Å²) in [7, 11) is -4.05. The lowest BCUT2D eigenvalue weighted by Crippen LogP contribution is -2.39. The Morgan fingerprint density at radius 2 is 1.63 bits per heavy atom. The number of thiazole rings is 1. The van der Waals surface area contributed by atoms with Gasteiger partial charge in [0.25, 0.3) is 15.9 Å².